The van der Waals surface area contributed by atoms with Crippen LogP contribution in [0.5, 0.6) is 0 Å². The van der Waals surface area contributed by atoms with E-state index < -0.39 is 36.6 Å². The topological polar surface area (TPSA) is 106 Å². The summed E-state index contributed by atoms with van der Waals surface area (Å²) in [5, 5.41) is -0.0226. The first-order valence-electron chi connectivity index (χ1n) is 6.08. The van der Waals surface area contributed by atoms with Crippen LogP contribution >= 0.6 is 11.6 Å². The molecule has 0 saturated carbocycles. The van der Waals surface area contributed by atoms with Gasteiger partial charge in [-0.3, -0.25) is 0 Å². The Labute approximate surface area is 127 Å². The molecule has 1 unspecified atom stereocenters. The van der Waals surface area contributed by atoms with E-state index in [4.69, 9.17) is 17.3 Å². The summed E-state index contributed by atoms with van der Waals surface area (Å²) in [5.41, 5.74) is 4.96. The highest BCUT2D eigenvalue weighted by Crippen LogP contribution is 2.26. The number of nitrogens with one attached hydrogen (secondary N) is 1. The van der Waals surface area contributed by atoms with E-state index >= 15 is 0 Å². The highest BCUT2D eigenvalue weighted by atomic mass is 35.5. The SMILES string of the molecule is Nc1cc(Cl)cc(S(=O)(=O)NC2CCCS(=O)(=O)C2)c1F. The number of nitrogens with two attached hydrogens (primary N) is 1. The molecule has 0 radical (unpaired) electrons. The number of sulfonamides is 1. The Morgan fingerprint density at radius 1 is 1.38 bits per heavy atom. The van der Waals surface area contributed by atoms with Crippen LogP contribution in [0.2, 0.25) is 5.02 Å². The molecule has 1 aromatic rings. The monoisotopic (exact) mass is 356 g/mol. The average Bonchev–Trinajstić information content (AvgIpc) is 2.31. The van der Waals surface area contributed by atoms with Crippen LogP contribution in [0.4, 0.5) is 10.1 Å². The van der Waals surface area contributed by atoms with E-state index in [0.717, 1.165) is 12.1 Å². The van der Waals surface area contributed by atoms with Crippen molar-refractivity contribution in [1.29, 1.82) is 0 Å². The molecule has 2 rings (SSSR count). The van der Waals surface area contributed by atoms with Crippen molar-refractivity contribution < 1.29 is 21.2 Å². The fraction of sp³-hybridized carbons (Fsp3) is 0.455. The molecule has 0 bridgehead atoms. The number of benzene rings is 1. The molecule has 1 heterocycles. The zero-order valence-corrected chi connectivity index (χ0v) is 13.2. The molecule has 3 N–H and O–H groups in total. The zero-order chi connectivity index (χ0) is 15.8. The molecular formula is C11H14ClFN2O4S2. The molecule has 1 aliphatic rings. The number of halogens is 2. The van der Waals surface area contributed by atoms with E-state index in [2.05, 4.69) is 4.72 Å². The maximum atomic E-state index is 13.9. The second-order valence-electron chi connectivity index (χ2n) is 4.88. The van der Waals surface area contributed by atoms with E-state index in [1.165, 1.54) is 0 Å². The summed E-state index contributed by atoms with van der Waals surface area (Å²) in [4.78, 5) is -0.685. The predicted molar refractivity (Wildman–Crippen MR) is 77.8 cm³/mol. The second kappa shape index (κ2) is 5.71. The van der Waals surface area contributed by atoms with Crippen LogP contribution in [0, 0.1) is 5.82 Å². The highest BCUT2D eigenvalue weighted by molar-refractivity contribution is 7.91. The standard InChI is InChI=1S/C11H14ClFN2O4S2/c12-7-4-9(14)11(13)10(5-7)21(18,19)15-8-2-1-3-20(16,17)6-8/h4-5,8,15H,1-3,6,14H2. The molecule has 1 fully saturated rings. The van der Waals surface area contributed by atoms with Crippen molar-refractivity contribution in [2.24, 2.45) is 0 Å². The van der Waals surface area contributed by atoms with Gasteiger partial charge in [-0.15, -0.1) is 0 Å². The lowest BCUT2D eigenvalue weighted by Crippen LogP contribution is -2.43. The summed E-state index contributed by atoms with van der Waals surface area (Å²) in [7, 11) is -7.52. The normalized spacial score (nSPS) is 22.1. The maximum Gasteiger partial charge on any atom is 0.243 e. The Kier molecular flexibility index (Phi) is 4.48. The third-order valence-corrected chi connectivity index (χ3v) is 6.67. The molecule has 0 aromatic heterocycles. The summed E-state index contributed by atoms with van der Waals surface area (Å²) in [5.74, 6) is -1.38. The lowest BCUT2D eigenvalue weighted by molar-refractivity contribution is 0.512. The fourth-order valence-electron chi connectivity index (χ4n) is 2.18. The van der Waals surface area contributed by atoms with Crippen LogP contribution in [-0.4, -0.2) is 34.4 Å². The van der Waals surface area contributed by atoms with E-state index in [0.29, 0.717) is 12.8 Å². The number of hydrogen-bond donors (Lipinski definition) is 2. The predicted octanol–water partition coefficient (Wildman–Crippen LogP) is 0.917. The lowest BCUT2D eigenvalue weighted by Gasteiger charge is -2.23. The van der Waals surface area contributed by atoms with Crippen LogP contribution < -0.4 is 10.5 Å². The smallest absolute Gasteiger partial charge is 0.243 e. The van der Waals surface area contributed by atoms with Gasteiger partial charge in [-0.1, -0.05) is 11.6 Å². The van der Waals surface area contributed by atoms with Crippen molar-refractivity contribution in [3.05, 3.63) is 23.0 Å². The van der Waals surface area contributed by atoms with Crippen molar-refractivity contribution >= 4 is 37.1 Å². The highest BCUT2D eigenvalue weighted by Gasteiger charge is 2.30. The van der Waals surface area contributed by atoms with Gasteiger partial charge in [0.15, 0.2) is 15.7 Å². The fourth-order valence-corrected chi connectivity index (χ4v) is 5.61. The van der Waals surface area contributed by atoms with Gasteiger partial charge in [0.25, 0.3) is 0 Å². The van der Waals surface area contributed by atoms with Crippen LogP contribution in [-0.2, 0) is 19.9 Å². The second-order valence-corrected chi connectivity index (χ2v) is 9.23. The zero-order valence-electron chi connectivity index (χ0n) is 10.8. The molecule has 1 atom stereocenters. The number of sulfone groups is 1. The van der Waals surface area contributed by atoms with Crippen LogP contribution in [0.3, 0.4) is 0 Å². The minimum atomic E-state index is -4.24. The molecule has 1 aliphatic heterocycles. The first-order chi connectivity index (χ1) is 9.61. The van der Waals surface area contributed by atoms with Crippen molar-refractivity contribution in [3.8, 4) is 0 Å². The Balaban J connectivity index is 2.31. The van der Waals surface area contributed by atoms with Crippen LogP contribution in [0.1, 0.15) is 12.8 Å². The quantitative estimate of drug-likeness (QED) is 0.783. The van der Waals surface area contributed by atoms with Gasteiger partial charge in [0.1, 0.15) is 4.90 Å². The number of nitrogen functional groups attached to an aromatic ring is 1. The molecular weight excluding hydrogens is 343 g/mol. The van der Waals surface area contributed by atoms with Gasteiger partial charge in [-0.05, 0) is 25.0 Å². The van der Waals surface area contributed by atoms with E-state index in [1.54, 1.807) is 0 Å². The van der Waals surface area contributed by atoms with Gasteiger partial charge in [0.05, 0.1) is 17.2 Å². The molecule has 0 amide bonds. The van der Waals surface area contributed by atoms with Gasteiger partial charge in [-0.25, -0.2) is 25.9 Å². The Hall–Kier alpha value is -0.900. The third kappa shape index (κ3) is 3.85. The Morgan fingerprint density at radius 3 is 2.67 bits per heavy atom. The summed E-state index contributed by atoms with van der Waals surface area (Å²) in [6, 6.07) is 1.25. The molecule has 10 heteroatoms. The van der Waals surface area contributed by atoms with Crippen molar-refractivity contribution in [3.63, 3.8) is 0 Å². The largest absolute Gasteiger partial charge is 0.396 e. The van der Waals surface area contributed by atoms with Crippen molar-refractivity contribution in [2.45, 2.75) is 23.8 Å². The number of hydrogen-bond acceptors (Lipinski definition) is 5. The van der Waals surface area contributed by atoms with Gasteiger partial charge in [0, 0.05) is 11.1 Å². The number of rotatable bonds is 3. The molecule has 1 aromatic carbocycles. The molecule has 0 spiro atoms. The number of anilines is 1. The van der Waals surface area contributed by atoms with Gasteiger partial charge < -0.3 is 5.73 Å². The van der Waals surface area contributed by atoms with E-state index in [1.807, 2.05) is 0 Å². The summed E-state index contributed by atoms with van der Waals surface area (Å²) < 4.78 is 63.4. The third-order valence-electron chi connectivity index (χ3n) is 3.11. The summed E-state index contributed by atoms with van der Waals surface area (Å²) in [6.07, 6.45) is 0.728. The Bertz CT molecular complexity index is 765. The van der Waals surface area contributed by atoms with Crippen molar-refractivity contribution in [1.82, 2.24) is 4.72 Å². The average molecular weight is 357 g/mol. The lowest BCUT2D eigenvalue weighted by atomic mass is 10.2. The molecule has 118 valence electrons. The molecule has 21 heavy (non-hydrogen) atoms. The van der Waals surface area contributed by atoms with Gasteiger partial charge >= 0.3 is 0 Å². The van der Waals surface area contributed by atoms with E-state index in [9.17, 15) is 21.2 Å². The molecule has 6 nitrogen and oxygen atoms in total. The first-order valence-corrected chi connectivity index (χ1v) is 9.76. The van der Waals surface area contributed by atoms with Crippen LogP contribution in [0.15, 0.2) is 17.0 Å². The van der Waals surface area contributed by atoms with Crippen LogP contribution in [0.25, 0.3) is 0 Å². The minimum Gasteiger partial charge on any atom is -0.396 e. The molecule has 1 saturated heterocycles. The maximum absolute atomic E-state index is 13.9. The van der Waals surface area contributed by atoms with Gasteiger partial charge in [0.2, 0.25) is 10.0 Å². The van der Waals surface area contributed by atoms with Crippen molar-refractivity contribution in [2.75, 3.05) is 17.2 Å². The van der Waals surface area contributed by atoms with Gasteiger partial charge in [-0.2, -0.15) is 0 Å². The first kappa shape index (κ1) is 16.5. The molecule has 0 aliphatic carbocycles. The summed E-state index contributed by atoms with van der Waals surface area (Å²) >= 11 is 5.68. The summed E-state index contributed by atoms with van der Waals surface area (Å²) in [6.45, 7) is 0. The minimum absolute atomic E-state index is 0.0226. The Morgan fingerprint density at radius 2 is 2.05 bits per heavy atom. The van der Waals surface area contributed by atoms with E-state index in [-0.39, 0.29) is 22.2 Å².